The van der Waals surface area contributed by atoms with Crippen LogP contribution in [0.15, 0.2) is 22.8 Å². The van der Waals surface area contributed by atoms with Gasteiger partial charge in [0.1, 0.15) is 5.76 Å². The van der Waals surface area contributed by atoms with E-state index >= 15 is 0 Å². The Morgan fingerprint density at radius 2 is 2.31 bits per heavy atom. The Morgan fingerprint density at radius 3 is 3.00 bits per heavy atom. The fourth-order valence-electron chi connectivity index (χ4n) is 2.30. The van der Waals surface area contributed by atoms with Crippen molar-refractivity contribution in [3.63, 3.8) is 0 Å². The zero-order valence-electron chi connectivity index (χ0n) is 10.1. The summed E-state index contributed by atoms with van der Waals surface area (Å²) in [5, 5.41) is 0. The van der Waals surface area contributed by atoms with Crippen LogP contribution in [-0.2, 0) is 6.42 Å². The third kappa shape index (κ3) is 2.64. The minimum atomic E-state index is 0.138. The van der Waals surface area contributed by atoms with Crippen LogP contribution in [0.2, 0.25) is 0 Å². The van der Waals surface area contributed by atoms with Gasteiger partial charge < -0.3 is 15.1 Å². The second-order valence-electron chi connectivity index (χ2n) is 4.76. The van der Waals surface area contributed by atoms with E-state index in [1.54, 1.807) is 6.26 Å². The Labute approximate surface area is 97.0 Å². The number of nitrogens with zero attached hydrogens (tertiary/aromatic N) is 2. The van der Waals surface area contributed by atoms with Crippen LogP contribution >= 0.6 is 0 Å². The molecule has 1 saturated heterocycles. The molecule has 0 aromatic carbocycles. The average molecular weight is 223 g/mol. The number of nitrogens with two attached hydrogens (primary N) is 1. The molecule has 90 valence electrons. The normalized spacial score (nSPS) is 25.8. The number of piperazine rings is 1. The van der Waals surface area contributed by atoms with Crippen LogP contribution in [0.5, 0.6) is 0 Å². The van der Waals surface area contributed by atoms with Gasteiger partial charge in [-0.15, -0.1) is 0 Å². The lowest BCUT2D eigenvalue weighted by molar-refractivity contribution is 0.0961. The lowest BCUT2D eigenvalue weighted by atomic mass is 10.0. The number of furan rings is 1. The SMILES string of the molecule is CN1CCN(C)C(C(N)Cc2ccco2)C1. The first-order valence-corrected chi connectivity index (χ1v) is 5.83. The van der Waals surface area contributed by atoms with E-state index in [9.17, 15) is 0 Å². The molecule has 2 unspecified atom stereocenters. The predicted molar refractivity (Wildman–Crippen MR) is 64.3 cm³/mol. The van der Waals surface area contributed by atoms with Crippen molar-refractivity contribution in [2.45, 2.75) is 18.5 Å². The standard InChI is InChI=1S/C12H21N3O/c1-14-5-6-15(2)12(9-14)11(13)8-10-4-3-7-16-10/h3-4,7,11-12H,5-6,8-9,13H2,1-2H3. The van der Waals surface area contributed by atoms with E-state index in [0.717, 1.165) is 31.8 Å². The molecule has 0 aliphatic carbocycles. The van der Waals surface area contributed by atoms with E-state index in [4.69, 9.17) is 10.2 Å². The van der Waals surface area contributed by atoms with E-state index < -0.39 is 0 Å². The first-order valence-electron chi connectivity index (χ1n) is 5.83. The van der Waals surface area contributed by atoms with E-state index in [1.165, 1.54) is 0 Å². The van der Waals surface area contributed by atoms with Crippen molar-refractivity contribution in [3.8, 4) is 0 Å². The van der Waals surface area contributed by atoms with Crippen molar-refractivity contribution >= 4 is 0 Å². The van der Waals surface area contributed by atoms with Crippen LogP contribution in [0, 0.1) is 0 Å². The third-order valence-electron chi connectivity index (χ3n) is 3.41. The van der Waals surface area contributed by atoms with Gasteiger partial charge in [0.2, 0.25) is 0 Å². The zero-order chi connectivity index (χ0) is 11.5. The molecule has 16 heavy (non-hydrogen) atoms. The Bertz CT molecular complexity index is 312. The molecule has 1 aliphatic rings. The summed E-state index contributed by atoms with van der Waals surface area (Å²) >= 11 is 0. The highest BCUT2D eigenvalue weighted by atomic mass is 16.3. The van der Waals surface area contributed by atoms with Crippen molar-refractivity contribution in [2.24, 2.45) is 5.73 Å². The van der Waals surface area contributed by atoms with Gasteiger partial charge in [0.05, 0.1) is 6.26 Å². The number of hydrogen-bond acceptors (Lipinski definition) is 4. The summed E-state index contributed by atoms with van der Waals surface area (Å²) in [6, 6.07) is 4.47. The Morgan fingerprint density at radius 1 is 1.50 bits per heavy atom. The van der Waals surface area contributed by atoms with Gasteiger partial charge in [-0.25, -0.2) is 0 Å². The summed E-state index contributed by atoms with van der Waals surface area (Å²) in [5.41, 5.74) is 6.26. The molecule has 0 amide bonds. The molecule has 2 N–H and O–H groups in total. The quantitative estimate of drug-likeness (QED) is 0.805. The topological polar surface area (TPSA) is 45.6 Å². The summed E-state index contributed by atoms with van der Waals surface area (Å²) in [4.78, 5) is 4.69. The van der Waals surface area contributed by atoms with Gasteiger partial charge in [-0.1, -0.05) is 0 Å². The minimum absolute atomic E-state index is 0.138. The molecule has 0 spiro atoms. The van der Waals surface area contributed by atoms with Crippen LogP contribution in [-0.4, -0.2) is 55.6 Å². The Balaban J connectivity index is 1.94. The molecule has 1 aromatic heterocycles. The van der Waals surface area contributed by atoms with Gasteiger partial charge in [-0.2, -0.15) is 0 Å². The van der Waals surface area contributed by atoms with Crippen LogP contribution in [0.25, 0.3) is 0 Å². The lowest BCUT2D eigenvalue weighted by Gasteiger charge is -2.40. The Hall–Kier alpha value is -0.840. The molecule has 2 atom stereocenters. The molecule has 4 nitrogen and oxygen atoms in total. The maximum atomic E-state index is 6.26. The zero-order valence-corrected chi connectivity index (χ0v) is 10.1. The molecule has 1 fully saturated rings. The van der Waals surface area contributed by atoms with E-state index in [-0.39, 0.29) is 6.04 Å². The summed E-state index contributed by atoms with van der Waals surface area (Å²) in [5.74, 6) is 0.981. The summed E-state index contributed by atoms with van der Waals surface area (Å²) in [6.07, 6.45) is 2.52. The summed E-state index contributed by atoms with van der Waals surface area (Å²) in [6.45, 7) is 3.26. The third-order valence-corrected chi connectivity index (χ3v) is 3.41. The fourth-order valence-corrected chi connectivity index (χ4v) is 2.30. The summed E-state index contributed by atoms with van der Waals surface area (Å²) in [7, 11) is 4.30. The monoisotopic (exact) mass is 223 g/mol. The van der Waals surface area contributed by atoms with Gasteiger partial charge in [0, 0.05) is 38.1 Å². The van der Waals surface area contributed by atoms with Crippen molar-refractivity contribution in [2.75, 3.05) is 33.7 Å². The molecule has 2 rings (SSSR count). The predicted octanol–water partition coefficient (Wildman–Crippen LogP) is 0.395. The van der Waals surface area contributed by atoms with Crippen molar-refractivity contribution < 1.29 is 4.42 Å². The maximum absolute atomic E-state index is 6.26. The molecule has 0 saturated carbocycles. The van der Waals surface area contributed by atoms with Gasteiger partial charge in [-0.3, -0.25) is 4.90 Å². The highest BCUT2D eigenvalue weighted by Gasteiger charge is 2.27. The molecular weight excluding hydrogens is 202 g/mol. The van der Waals surface area contributed by atoms with Gasteiger partial charge in [0.25, 0.3) is 0 Å². The van der Waals surface area contributed by atoms with E-state index in [2.05, 4.69) is 23.9 Å². The number of likely N-dealkylation sites (N-methyl/N-ethyl adjacent to an activating group) is 2. The maximum Gasteiger partial charge on any atom is 0.105 e. The molecule has 4 heteroatoms. The molecular formula is C12H21N3O. The van der Waals surface area contributed by atoms with Crippen molar-refractivity contribution in [1.29, 1.82) is 0 Å². The average Bonchev–Trinajstić information content (AvgIpc) is 2.74. The van der Waals surface area contributed by atoms with Crippen LogP contribution in [0.4, 0.5) is 0 Å². The molecule has 0 bridgehead atoms. The van der Waals surface area contributed by atoms with E-state index in [1.807, 2.05) is 12.1 Å². The first kappa shape index (κ1) is 11.6. The number of rotatable bonds is 3. The minimum Gasteiger partial charge on any atom is -0.469 e. The van der Waals surface area contributed by atoms with Crippen molar-refractivity contribution in [1.82, 2.24) is 9.80 Å². The highest BCUT2D eigenvalue weighted by molar-refractivity contribution is 5.02. The second kappa shape index (κ2) is 4.99. The van der Waals surface area contributed by atoms with Gasteiger partial charge in [0.15, 0.2) is 0 Å². The second-order valence-corrected chi connectivity index (χ2v) is 4.76. The fraction of sp³-hybridized carbons (Fsp3) is 0.667. The van der Waals surface area contributed by atoms with E-state index in [0.29, 0.717) is 6.04 Å². The summed E-state index contributed by atoms with van der Waals surface area (Å²) < 4.78 is 5.34. The smallest absolute Gasteiger partial charge is 0.105 e. The largest absolute Gasteiger partial charge is 0.469 e. The Kier molecular flexibility index (Phi) is 3.63. The van der Waals surface area contributed by atoms with Crippen LogP contribution in [0.1, 0.15) is 5.76 Å². The molecule has 2 heterocycles. The molecule has 0 radical (unpaired) electrons. The first-order chi connectivity index (χ1) is 7.66. The molecule has 1 aliphatic heterocycles. The van der Waals surface area contributed by atoms with Crippen LogP contribution < -0.4 is 5.73 Å². The van der Waals surface area contributed by atoms with Gasteiger partial charge in [-0.05, 0) is 26.2 Å². The van der Waals surface area contributed by atoms with Crippen LogP contribution in [0.3, 0.4) is 0 Å². The number of hydrogen-bond donors (Lipinski definition) is 1. The lowest BCUT2D eigenvalue weighted by Crippen LogP contribution is -2.58. The molecule has 1 aromatic rings. The van der Waals surface area contributed by atoms with Gasteiger partial charge >= 0.3 is 0 Å². The highest BCUT2D eigenvalue weighted by Crippen LogP contribution is 2.13. The van der Waals surface area contributed by atoms with Crippen molar-refractivity contribution in [3.05, 3.63) is 24.2 Å².